The lowest BCUT2D eigenvalue weighted by molar-refractivity contribution is -0.156. The molecule has 1 aromatic heterocycles. The largest absolute Gasteiger partial charge is 0.455 e. The topological polar surface area (TPSA) is 68.7 Å². The van der Waals surface area contributed by atoms with E-state index in [4.69, 9.17) is 21.1 Å². The van der Waals surface area contributed by atoms with Crippen LogP contribution in [0.2, 0.25) is 5.02 Å². The molecule has 0 N–H and O–H groups in total. The fourth-order valence-corrected chi connectivity index (χ4v) is 2.67. The van der Waals surface area contributed by atoms with E-state index >= 15 is 0 Å². The van der Waals surface area contributed by atoms with E-state index in [1.54, 1.807) is 32.9 Å². The van der Waals surface area contributed by atoms with Gasteiger partial charge >= 0.3 is 12.1 Å². The van der Waals surface area contributed by atoms with Crippen LogP contribution in [0.5, 0.6) is 0 Å². The molecule has 2 rings (SSSR count). The van der Waals surface area contributed by atoms with Crippen molar-refractivity contribution in [2.45, 2.75) is 60.2 Å². The Labute approximate surface area is 171 Å². The van der Waals surface area contributed by atoms with Crippen LogP contribution in [0.3, 0.4) is 0 Å². The van der Waals surface area contributed by atoms with Crippen molar-refractivity contribution in [3.8, 4) is 0 Å². The molecule has 0 aromatic carbocycles. The van der Waals surface area contributed by atoms with Gasteiger partial charge in [-0.1, -0.05) is 17.7 Å². The van der Waals surface area contributed by atoms with Crippen LogP contribution < -0.4 is 0 Å². The number of ether oxygens (including phenoxy) is 2. The molecule has 0 fully saturated rings. The molecule has 154 valence electrons. The van der Waals surface area contributed by atoms with Gasteiger partial charge in [0.25, 0.3) is 0 Å². The Morgan fingerprint density at radius 3 is 2.36 bits per heavy atom. The van der Waals surface area contributed by atoms with Crippen LogP contribution in [-0.2, 0) is 14.3 Å². The number of aromatic nitrogens is 1. The van der Waals surface area contributed by atoms with Gasteiger partial charge in [0.15, 0.2) is 0 Å². The van der Waals surface area contributed by atoms with Gasteiger partial charge in [-0.05, 0) is 60.6 Å². The van der Waals surface area contributed by atoms with E-state index in [0.29, 0.717) is 23.0 Å². The zero-order chi connectivity index (χ0) is 21.3. The Balaban J connectivity index is 2.33. The van der Waals surface area contributed by atoms with Crippen LogP contribution in [0, 0.1) is 12.3 Å². The molecule has 1 amide bonds. The molecule has 0 unspecified atom stereocenters. The molecule has 0 saturated carbocycles. The lowest BCUT2D eigenvalue weighted by Crippen LogP contribution is -2.46. The molecule has 6 nitrogen and oxygen atoms in total. The van der Waals surface area contributed by atoms with Crippen molar-refractivity contribution in [1.29, 1.82) is 0 Å². The Morgan fingerprint density at radius 1 is 1.18 bits per heavy atom. The van der Waals surface area contributed by atoms with E-state index in [2.05, 4.69) is 4.98 Å². The summed E-state index contributed by atoms with van der Waals surface area (Å²) in [5.41, 5.74) is 0.862. The Bertz CT molecular complexity index is 791. The van der Waals surface area contributed by atoms with Crippen molar-refractivity contribution in [1.82, 2.24) is 9.88 Å². The second-order valence-corrected chi connectivity index (χ2v) is 9.36. The van der Waals surface area contributed by atoms with Crippen molar-refractivity contribution in [2.75, 3.05) is 13.1 Å². The molecular formula is C21H29ClN2O4. The average Bonchev–Trinajstić information content (AvgIpc) is 2.55. The quantitative estimate of drug-likeness (QED) is 0.667. The number of pyridine rings is 1. The van der Waals surface area contributed by atoms with Gasteiger partial charge in [0.1, 0.15) is 11.7 Å². The number of rotatable bonds is 2. The maximum absolute atomic E-state index is 12.5. The minimum absolute atomic E-state index is 0.200. The number of nitrogens with zero attached hydrogens (tertiary/aromatic N) is 2. The molecule has 0 saturated heterocycles. The molecule has 1 aliphatic rings. The maximum atomic E-state index is 12.5. The predicted octanol–water partition coefficient (Wildman–Crippen LogP) is 4.64. The Kier molecular flexibility index (Phi) is 6.44. The number of esters is 1. The van der Waals surface area contributed by atoms with E-state index in [1.807, 2.05) is 33.8 Å². The third-order valence-corrected chi connectivity index (χ3v) is 4.49. The van der Waals surface area contributed by atoms with Crippen LogP contribution in [0.25, 0.3) is 5.57 Å². The molecule has 1 aliphatic heterocycles. The highest BCUT2D eigenvalue weighted by Gasteiger charge is 2.34. The van der Waals surface area contributed by atoms with Gasteiger partial charge in [-0.2, -0.15) is 0 Å². The summed E-state index contributed by atoms with van der Waals surface area (Å²) in [6.07, 6.45) is 0.768. The number of carbonyl (C=O) groups is 2. The third kappa shape index (κ3) is 5.71. The molecule has 0 spiro atoms. The first kappa shape index (κ1) is 22.2. The highest BCUT2D eigenvalue weighted by atomic mass is 35.5. The van der Waals surface area contributed by atoms with Gasteiger partial charge in [-0.3, -0.25) is 9.78 Å². The zero-order valence-electron chi connectivity index (χ0n) is 17.6. The normalized spacial score (nSPS) is 17.8. The minimum Gasteiger partial charge on any atom is -0.455 e. The van der Waals surface area contributed by atoms with Crippen molar-refractivity contribution >= 4 is 29.2 Å². The SMILES string of the molecule is Cc1nc(C2=CCN(C(=O)OC(C)(C)C)C[C@@H]2OC(=O)C(C)(C)C)ccc1Cl. The predicted molar refractivity (Wildman–Crippen MR) is 109 cm³/mol. The lowest BCUT2D eigenvalue weighted by Gasteiger charge is -2.34. The molecule has 2 heterocycles. The molecule has 0 aliphatic carbocycles. The van der Waals surface area contributed by atoms with E-state index in [-0.39, 0.29) is 12.5 Å². The number of hydrogen-bond acceptors (Lipinski definition) is 5. The average molecular weight is 409 g/mol. The van der Waals surface area contributed by atoms with Gasteiger partial charge in [0, 0.05) is 12.1 Å². The first-order valence-corrected chi connectivity index (χ1v) is 9.68. The fourth-order valence-electron chi connectivity index (χ4n) is 2.57. The number of amides is 1. The van der Waals surface area contributed by atoms with Crippen LogP contribution in [-0.4, -0.2) is 46.7 Å². The first-order chi connectivity index (χ1) is 12.8. The Hall–Kier alpha value is -2.08. The lowest BCUT2D eigenvalue weighted by atomic mass is 9.96. The van der Waals surface area contributed by atoms with Crippen molar-refractivity contribution in [3.05, 3.63) is 34.6 Å². The maximum Gasteiger partial charge on any atom is 0.410 e. The van der Waals surface area contributed by atoms with Crippen molar-refractivity contribution < 1.29 is 19.1 Å². The zero-order valence-corrected chi connectivity index (χ0v) is 18.4. The van der Waals surface area contributed by atoms with Gasteiger partial charge in [0.2, 0.25) is 0 Å². The van der Waals surface area contributed by atoms with Gasteiger partial charge in [0.05, 0.1) is 28.4 Å². The standard InChI is InChI=1S/C21H29ClN2O4/c1-13-15(22)8-9-16(23-13)14-10-11-24(19(26)28-21(5,6)7)12-17(14)27-18(25)20(2,3)4/h8-10,17H,11-12H2,1-7H3/t17-/m0/s1. The van der Waals surface area contributed by atoms with Crippen LogP contribution in [0.4, 0.5) is 4.79 Å². The second-order valence-electron chi connectivity index (χ2n) is 8.95. The summed E-state index contributed by atoms with van der Waals surface area (Å²) in [7, 11) is 0. The summed E-state index contributed by atoms with van der Waals surface area (Å²) in [6.45, 7) is 13.2. The van der Waals surface area contributed by atoms with E-state index < -0.39 is 23.2 Å². The number of carbonyl (C=O) groups excluding carboxylic acids is 2. The second kappa shape index (κ2) is 8.11. The van der Waals surface area contributed by atoms with Crippen LogP contribution in [0.15, 0.2) is 18.2 Å². The first-order valence-electron chi connectivity index (χ1n) is 9.30. The van der Waals surface area contributed by atoms with Gasteiger partial charge in [-0.15, -0.1) is 0 Å². The van der Waals surface area contributed by atoms with Crippen molar-refractivity contribution in [2.24, 2.45) is 5.41 Å². The summed E-state index contributed by atoms with van der Waals surface area (Å²) in [5.74, 6) is -0.347. The summed E-state index contributed by atoms with van der Waals surface area (Å²) < 4.78 is 11.2. The van der Waals surface area contributed by atoms with E-state index in [9.17, 15) is 9.59 Å². The smallest absolute Gasteiger partial charge is 0.410 e. The molecule has 7 heteroatoms. The number of hydrogen-bond donors (Lipinski definition) is 0. The highest BCUT2D eigenvalue weighted by Crippen LogP contribution is 2.29. The summed E-state index contributed by atoms with van der Waals surface area (Å²) in [4.78, 5) is 31.0. The summed E-state index contributed by atoms with van der Waals surface area (Å²) in [5, 5.41) is 0.568. The van der Waals surface area contributed by atoms with Gasteiger partial charge in [-0.25, -0.2) is 4.79 Å². The fraction of sp³-hybridized carbons (Fsp3) is 0.571. The summed E-state index contributed by atoms with van der Waals surface area (Å²) >= 11 is 6.09. The highest BCUT2D eigenvalue weighted by molar-refractivity contribution is 6.31. The van der Waals surface area contributed by atoms with E-state index in [0.717, 1.165) is 5.57 Å². The molecule has 28 heavy (non-hydrogen) atoms. The molecule has 1 atom stereocenters. The minimum atomic E-state index is -0.664. The molecule has 0 radical (unpaired) electrons. The molecular weight excluding hydrogens is 380 g/mol. The van der Waals surface area contributed by atoms with Gasteiger partial charge < -0.3 is 14.4 Å². The number of halogens is 1. The molecule has 0 bridgehead atoms. The molecule has 1 aromatic rings. The Morgan fingerprint density at radius 2 is 1.82 bits per heavy atom. The van der Waals surface area contributed by atoms with E-state index in [1.165, 1.54) is 4.90 Å². The monoisotopic (exact) mass is 408 g/mol. The van der Waals surface area contributed by atoms with Crippen LogP contribution >= 0.6 is 11.6 Å². The summed E-state index contributed by atoms with van der Waals surface area (Å²) in [6, 6.07) is 3.56. The van der Waals surface area contributed by atoms with Crippen molar-refractivity contribution in [3.63, 3.8) is 0 Å². The van der Waals surface area contributed by atoms with Crippen LogP contribution in [0.1, 0.15) is 52.9 Å². The number of aryl methyl sites for hydroxylation is 1. The third-order valence-electron chi connectivity index (χ3n) is 4.10.